The van der Waals surface area contributed by atoms with Crippen molar-refractivity contribution in [1.29, 1.82) is 0 Å². The van der Waals surface area contributed by atoms with E-state index in [1.165, 1.54) is 17.8 Å². The summed E-state index contributed by atoms with van der Waals surface area (Å²) < 4.78 is 16.8. The second-order valence-electron chi connectivity index (χ2n) is 6.77. The number of hydrogen-bond donors (Lipinski definition) is 1. The first-order valence-corrected chi connectivity index (χ1v) is 10.1. The molecule has 7 nitrogen and oxygen atoms in total. The van der Waals surface area contributed by atoms with Crippen LogP contribution in [-0.4, -0.2) is 29.9 Å². The number of hydrogen-bond acceptors (Lipinski definition) is 7. The number of carbonyl (C=O) groups is 2. The van der Waals surface area contributed by atoms with Gasteiger partial charge in [-0.15, -0.1) is 0 Å². The fourth-order valence-corrected chi connectivity index (χ4v) is 4.26. The molecule has 1 aliphatic rings. The molecule has 8 heteroatoms. The van der Waals surface area contributed by atoms with Crippen molar-refractivity contribution in [2.75, 3.05) is 12.9 Å². The molecule has 0 bridgehead atoms. The average molecular weight is 413 g/mol. The van der Waals surface area contributed by atoms with Crippen LogP contribution in [0.2, 0.25) is 0 Å². The molecule has 0 unspecified atom stereocenters. The van der Waals surface area contributed by atoms with Gasteiger partial charge in [-0.2, -0.15) is 0 Å². The first kappa shape index (κ1) is 19.3. The molecule has 1 atom stereocenters. The Hall–Kier alpha value is -3.00. The van der Waals surface area contributed by atoms with E-state index >= 15 is 0 Å². The summed E-state index contributed by atoms with van der Waals surface area (Å²) in [5.41, 5.74) is 1.17. The van der Waals surface area contributed by atoms with Gasteiger partial charge in [-0.25, -0.2) is 0 Å². The molecule has 1 N–H and O–H groups in total. The Kier molecular flexibility index (Phi) is 5.19. The number of fused-ring (bicyclic) bond motifs is 1. The van der Waals surface area contributed by atoms with Crippen molar-refractivity contribution < 1.29 is 23.2 Å². The fourth-order valence-electron chi connectivity index (χ4n) is 3.33. The summed E-state index contributed by atoms with van der Waals surface area (Å²) in [6.45, 7) is 1.67. The number of carbonyl (C=O) groups excluding carboxylic acids is 2. The fraction of sp³-hybridized carbons (Fsp3) is 0.286. The molecule has 1 fully saturated rings. The molecule has 0 spiro atoms. The molecule has 29 heavy (non-hydrogen) atoms. The molecule has 2 aromatic heterocycles. The van der Waals surface area contributed by atoms with Crippen LogP contribution >= 0.6 is 11.8 Å². The Balaban J connectivity index is 1.76. The van der Waals surface area contributed by atoms with Crippen molar-refractivity contribution >= 4 is 34.0 Å². The maximum atomic E-state index is 12.7. The molecule has 3 heterocycles. The van der Waals surface area contributed by atoms with Gasteiger partial charge in [0.25, 0.3) is 0 Å². The first-order chi connectivity index (χ1) is 14.0. The second-order valence-corrected chi connectivity index (χ2v) is 7.87. The number of furan rings is 1. The molecule has 3 aromatic rings. The van der Waals surface area contributed by atoms with E-state index in [1.54, 1.807) is 38.3 Å². The number of benzene rings is 1. The average Bonchev–Trinajstić information content (AvgIpc) is 3.26. The maximum Gasteiger partial charge on any atom is 0.228 e. The van der Waals surface area contributed by atoms with Crippen molar-refractivity contribution in [3.8, 4) is 17.1 Å². The van der Waals surface area contributed by atoms with Crippen LogP contribution in [-0.2, 0) is 16.0 Å². The van der Waals surface area contributed by atoms with Gasteiger partial charge < -0.3 is 18.9 Å². The van der Waals surface area contributed by atoms with Crippen molar-refractivity contribution in [1.82, 2.24) is 5.32 Å². The lowest BCUT2D eigenvalue weighted by Crippen LogP contribution is -2.38. The normalized spacial score (nSPS) is 16.3. The van der Waals surface area contributed by atoms with Crippen LogP contribution in [0, 0.1) is 6.92 Å². The molecule has 1 aliphatic heterocycles. The minimum Gasteiger partial charge on any atom is -0.497 e. The van der Waals surface area contributed by atoms with Gasteiger partial charge in [0, 0.05) is 17.4 Å². The highest BCUT2D eigenvalue weighted by molar-refractivity contribution is 8.14. The highest BCUT2D eigenvalue weighted by Crippen LogP contribution is 2.34. The number of aryl methyl sites for hydroxylation is 1. The first-order valence-electron chi connectivity index (χ1n) is 9.13. The van der Waals surface area contributed by atoms with E-state index < -0.39 is 6.04 Å². The lowest BCUT2D eigenvalue weighted by Gasteiger charge is -2.10. The van der Waals surface area contributed by atoms with Crippen molar-refractivity contribution in [2.45, 2.75) is 25.8 Å². The summed E-state index contributed by atoms with van der Waals surface area (Å²) in [7, 11) is 1.57. The van der Waals surface area contributed by atoms with Gasteiger partial charge in [-0.05, 0) is 37.6 Å². The van der Waals surface area contributed by atoms with Crippen molar-refractivity contribution in [3.63, 3.8) is 0 Å². The third-order valence-corrected chi connectivity index (χ3v) is 5.75. The van der Waals surface area contributed by atoms with Crippen LogP contribution < -0.4 is 15.5 Å². The Morgan fingerprint density at radius 1 is 1.21 bits per heavy atom. The van der Waals surface area contributed by atoms with E-state index in [0.29, 0.717) is 40.6 Å². The zero-order valence-corrected chi connectivity index (χ0v) is 16.8. The minimum atomic E-state index is -0.483. The third kappa shape index (κ3) is 3.80. The molecule has 0 radical (unpaired) electrons. The Morgan fingerprint density at radius 3 is 2.62 bits per heavy atom. The van der Waals surface area contributed by atoms with Gasteiger partial charge in [-0.1, -0.05) is 11.8 Å². The van der Waals surface area contributed by atoms with Crippen LogP contribution in [0.4, 0.5) is 0 Å². The SMILES string of the molecule is COc1ccc(-c2oc3c(=O)cc(C)oc3c2CC(=O)N[C@@H]2CCSC2=O)cc1. The largest absolute Gasteiger partial charge is 0.497 e. The number of thioether (sulfide) groups is 1. The van der Waals surface area contributed by atoms with E-state index in [4.69, 9.17) is 13.6 Å². The molecule has 1 aromatic carbocycles. The minimum absolute atomic E-state index is 0.0341. The number of amides is 1. The topological polar surface area (TPSA) is 98.8 Å². The Labute approximate surface area is 170 Å². The summed E-state index contributed by atoms with van der Waals surface area (Å²) in [6.07, 6.45) is 0.538. The predicted octanol–water partition coefficient (Wildman–Crippen LogP) is 3.06. The van der Waals surface area contributed by atoms with E-state index in [-0.39, 0.29) is 34.0 Å². The van der Waals surface area contributed by atoms with E-state index in [2.05, 4.69) is 5.32 Å². The standard InChI is InChI=1S/C21H19NO6S/c1-11-9-16(23)20-19(27-11)14(10-17(24)22-15-7-8-29-21(15)25)18(28-20)12-3-5-13(26-2)6-4-12/h3-6,9,15H,7-8,10H2,1-2H3,(H,22,24)/t15-/m1/s1. The summed E-state index contributed by atoms with van der Waals surface area (Å²) >= 11 is 1.22. The van der Waals surface area contributed by atoms with Crippen molar-refractivity contribution in [3.05, 3.63) is 51.9 Å². The van der Waals surface area contributed by atoms with Gasteiger partial charge in [0.05, 0.1) is 25.1 Å². The summed E-state index contributed by atoms with van der Waals surface area (Å²) in [5, 5.41) is 2.73. The quantitative estimate of drug-likeness (QED) is 0.686. The number of rotatable bonds is 5. The third-order valence-electron chi connectivity index (χ3n) is 4.74. The van der Waals surface area contributed by atoms with Gasteiger partial charge in [0.1, 0.15) is 17.3 Å². The predicted molar refractivity (Wildman–Crippen MR) is 109 cm³/mol. The smallest absolute Gasteiger partial charge is 0.228 e. The van der Waals surface area contributed by atoms with Crippen LogP contribution in [0.5, 0.6) is 5.75 Å². The van der Waals surface area contributed by atoms with Crippen molar-refractivity contribution in [2.24, 2.45) is 0 Å². The monoisotopic (exact) mass is 413 g/mol. The summed E-state index contributed by atoms with van der Waals surface area (Å²) in [4.78, 5) is 36.9. The van der Waals surface area contributed by atoms with Crippen LogP contribution in [0.3, 0.4) is 0 Å². The zero-order chi connectivity index (χ0) is 20.5. The highest BCUT2D eigenvalue weighted by Gasteiger charge is 2.28. The number of nitrogens with one attached hydrogen (secondary N) is 1. The lowest BCUT2D eigenvalue weighted by atomic mass is 10.0. The molecule has 150 valence electrons. The summed E-state index contributed by atoms with van der Waals surface area (Å²) in [5.74, 6) is 1.85. The van der Waals surface area contributed by atoms with Crippen LogP contribution in [0.15, 0.2) is 44.0 Å². The lowest BCUT2D eigenvalue weighted by molar-refractivity contribution is -0.124. The van der Waals surface area contributed by atoms with E-state index in [9.17, 15) is 14.4 Å². The zero-order valence-electron chi connectivity index (χ0n) is 15.9. The van der Waals surface area contributed by atoms with E-state index in [1.807, 2.05) is 0 Å². The highest BCUT2D eigenvalue weighted by atomic mass is 32.2. The van der Waals surface area contributed by atoms with Crippen LogP contribution in [0.1, 0.15) is 17.7 Å². The molecule has 0 saturated carbocycles. The van der Waals surface area contributed by atoms with Gasteiger partial charge >= 0.3 is 0 Å². The molecule has 1 amide bonds. The van der Waals surface area contributed by atoms with Gasteiger partial charge in [0.15, 0.2) is 5.58 Å². The van der Waals surface area contributed by atoms with E-state index in [0.717, 1.165) is 0 Å². The Morgan fingerprint density at radius 2 is 1.97 bits per heavy atom. The molecule has 1 saturated heterocycles. The van der Waals surface area contributed by atoms with Gasteiger partial charge in [0.2, 0.25) is 22.0 Å². The second kappa shape index (κ2) is 7.79. The molecule has 0 aliphatic carbocycles. The Bertz CT molecular complexity index is 1140. The molecular weight excluding hydrogens is 394 g/mol. The number of methoxy groups -OCH3 is 1. The molecular formula is C21H19NO6S. The van der Waals surface area contributed by atoms with Crippen LogP contribution in [0.25, 0.3) is 22.5 Å². The maximum absolute atomic E-state index is 12.7. The number of ether oxygens (including phenoxy) is 1. The summed E-state index contributed by atoms with van der Waals surface area (Å²) in [6, 6.07) is 7.97. The van der Waals surface area contributed by atoms with Gasteiger partial charge in [-0.3, -0.25) is 14.4 Å². The molecule has 4 rings (SSSR count).